The van der Waals surface area contributed by atoms with Gasteiger partial charge in [-0.25, -0.2) is 0 Å². The highest BCUT2D eigenvalue weighted by Gasteiger charge is 2.29. The lowest BCUT2D eigenvalue weighted by molar-refractivity contribution is 0.300. The SMILES string of the molecule is CC(C)(C)c1cc2c(c(C(C)(C)C)c1)-c1ccccc1CO2. The van der Waals surface area contributed by atoms with Gasteiger partial charge in [0.1, 0.15) is 12.4 Å². The Morgan fingerprint density at radius 1 is 0.864 bits per heavy atom. The van der Waals surface area contributed by atoms with E-state index in [4.69, 9.17) is 4.74 Å². The van der Waals surface area contributed by atoms with Crippen molar-refractivity contribution in [1.82, 2.24) is 0 Å². The summed E-state index contributed by atoms with van der Waals surface area (Å²) in [5, 5.41) is 0. The average Bonchev–Trinajstić information content (AvgIpc) is 2.44. The summed E-state index contributed by atoms with van der Waals surface area (Å²) in [6.07, 6.45) is 0. The van der Waals surface area contributed by atoms with E-state index in [1.807, 2.05) is 0 Å². The summed E-state index contributed by atoms with van der Waals surface area (Å²) in [6, 6.07) is 13.2. The predicted molar refractivity (Wildman–Crippen MR) is 93.6 cm³/mol. The molecule has 0 aromatic heterocycles. The predicted octanol–water partition coefficient (Wildman–Crippen LogP) is 5.84. The molecular formula is C21H26O. The molecule has 0 amide bonds. The maximum Gasteiger partial charge on any atom is 0.128 e. The Balaban J connectivity index is 2.33. The van der Waals surface area contributed by atoms with E-state index in [1.165, 1.54) is 27.8 Å². The van der Waals surface area contributed by atoms with Crippen LogP contribution in [0.1, 0.15) is 58.2 Å². The number of benzene rings is 2. The smallest absolute Gasteiger partial charge is 0.128 e. The normalized spacial score (nSPS) is 14.1. The summed E-state index contributed by atoms with van der Waals surface area (Å²) in [6.45, 7) is 14.3. The molecule has 0 radical (unpaired) electrons. The van der Waals surface area contributed by atoms with Crippen molar-refractivity contribution in [2.24, 2.45) is 0 Å². The molecule has 0 fully saturated rings. The van der Waals surface area contributed by atoms with Gasteiger partial charge in [0.05, 0.1) is 0 Å². The lowest BCUT2D eigenvalue weighted by atomic mass is 9.76. The van der Waals surface area contributed by atoms with Gasteiger partial charge in [-0.3, -0.25) is 0 Å². The standard InChI is InChI=1S/C21H26O/c1-20(2,3)15-11-17(21(4,5)6)19-16-10-8-7-9-14(16)13-22-18(19)12-15/h7-12H,13H2,1-6H3. The largest absolute Gasteiger partial charge is 0.488 e. The fourth-order valence-corrected chi connectivity index (χ4v) is 3.08. The Morgan fingerprint density at radius 2 is 1.55 bits per heavy atom. The second-order valence-corrected chi connectivity index (χ2v) is 8.34. The topological polar surface area (TPSA) is 9.23 Å². The van der Waals surface area contributed by atoms with Crippen LogP contribution in [0.25, 0.3) is 11.1 Å². The lowest BCUT2D eigenvalue weighted by Crippen LogP contribution is -2.20. The summed E-state index contributed by atoms with van der Waals surface area (Å²) in [5.74, 6) is 1.04. The minimum Gasteiger partial charge on any atom is -0.488 e. The van der Waals surface area contributed by atoms with E-state index in [1.54, 1.807) is 0 Å². The van der Waals surface area contributed by atoms with Gasteiger partial charge < -0.3 is 4.74 Å². The molecule has 2 aromatic carbocycles. The van der Waals surface area contributed by atoms with E-state index < -0.39 is 0 Å². The molecule has 3 rings (SSSR count). The highest BCUT2D eigenvalue weighted by Crippen LogP contribution is 2.46. The third-order valence-electron chi connectivity index (χ3n) is 4.45. The molecule has 0 unspecified atom stereocenters. The highest BCUT2D eigenvalue weighted by atomic mass is 16.5. The zero-order valence-electron chi connectivity index (χ0n) is 14.6. The molecule has 116 valence electrons. The van der Waals surface area contributed by atoms with Crippen molar-refractivity contribution in [1.29, 1.82) is 0 Å². The fourth-order valence-electron chi connectivity index (χ4n) is 3.08. The van der Waals surface area contributed by atoms with Crippen LogP contribution in [0.15, 0.2) is 36.4 Å². The monoisotopic (exact) mass is 294 g/mol. The van der Waals surface area contributed by atoms with E-state index in [-0.39, 0.29) is 10.8 Å². The van der Waals surface area contributed by atoms with Crippen LogP contribution in [0.2, 0.25) is 0 Å². The fraction of sp³-hybridized carbons (Fsp3) is 0.429. The lowest BCUT2D eigenvalue weighted by Gasteiger charge is -2.32. The first kappa shape index (κ1) is 15.1. The number of fused-ring (bicyclic) bond motifs is 3. The summed E-state index contributed by atoms with van der Waals surface area (Å²) in [5.41, 5.74) is 6.81. The molecule has 0 atom stereocenters. The summed E-state index contributed by atoms with van der Waals surface area (Å²) in [4.78, 5) is 0. The van der Waals surface area contributed by atoms with Gasteiger partial charge in [-0.05, 0) is 39.2 Å². The van der Waals surface area contributed by atoms with Crippen molar-refractivity contribution >= 4 is 0 Å². The number of hydrogen-bond donors (Lipinski definition) is 0. The molecule has 1 nitrogen and oxygen atoms in total. The molecule has 0 spiro atoms. The second-order valence-electron chi connectivity index (χ2n) is 8.34. The summed E-state index contributed by atoms with van der Waals surface area (Å²) < 4.78 is 6.12. The van der Waals surface area contributed by atoms with Gasteiger partial charge in [-0.15, -0.1) is 0 Å². The van der Waals surface area contributed by atoms with Crippen LogP contribution in [0.4, 0.5) is 0 Å². The van der Waals surface area contributed by atoms with Gasteiger partial charge in [0.25, 0.3) is 0 Å². The molecule has 0 aliphatic carbocycles. The van der Waals surface area contributed by atoms with Crippen molar-refractivity contribution in [2.75, 3.05) is 0 Å². The van der Waals surface area contributed by atoms with Gasteiger partial charge in [0, 0.05) is 5.56 Å². The first-order chi connectivity index (χ1) is 10.2. The first-order valence-electron chi connectivity index (χ1n) is 8.08. The van der Waals surface area contributed by atoms with Crippen molar-refractivity contribution in [3.05, 3.63) is 53.1 Å². The molecule has 1 aliphatic heterocycles. The quantitative estimate of drug-likeness (QED) is 0.593. The van der Waals surface area contributed by atoms with E-state index in [0.717, 1.165) is 5.75 Å². The maximum atomic E-state index is 6.12. The molecule has 1 heterocycles. The van der Waals surface area contributed by atoms with Crippen LogP contribution in [0, 0.1) is 0 Å². The van der Waals surface area contributed by atoms with Crippen LogP contribution < -0.4 is 4.74 Å². The molecule has 1 aliphatic rings. The first-order valence-corrected chi connectivity index (χ1v) is 8.08. The molecule has 1 heteroatoms. The van der Waals surface area contributed by atoms with Gasteiger partial charge >= 0.3 is 0 Å². The summed E-state index contributed by atoms with van der Waals surface area (Å²) >= 11 is 0. The zero-order valence-corrected chi connectivity index (χ0v) is 14.6. The Kier molecular flexibility index (Phi) is 3.36. The van der Waals surface area contributed by atoms with Crippen LogP contribution in [-0.4, -0.2) is 0 Å². The van der Waals surface area contributed by atoms with Gasteiger partial charge in [-0.2, -0.15) is 0 Å². The van der Waals surface area contributed by atoms with Crippen LogP contribution in [0.5, 0.6) is 5.75 Å². The third-order valence-corrected chi connectivity index (χ3v) is 4.45. The minimum absolute atomic E-state index is 0.0825. The highest BCUT2D eigenvalue weighted by molar-refractivity contribution is 5.79. The average molecular weight is 294 g/mol. The Hall–Kier alpha value is -1.76. The number of rotatable bonds is 0. The van der Waals surface area contributed by atoms with E-state index in [2.05, 4.69) is 77.9 Å². The van der Waals surface area contributed by atoms with Crippen LogP contribution in [-0.2, 0) is 17.4 Å². The van der Waals surface area contributed by atoms with Crippen molar-refractivity contribution in [2.45, 2.75) is 59.0 Å². The maximum absolute atomic E-state index is 6.12. The van der Waals surface area contributed by atoms with Crippen LogP contribution in [0.3, 0.4) is 0 Å². The Bertz CT molecular complexity index is 712. The molecule has 0 saturated heterocycles. The second kappa shape index (κ2) is 4.87. The van der Waals surface area contributed by atoms with Gasteiger partial charge in [0.15, 0.2) is 0 Å². The molecule has 2 aromatic rings. The number of hydrogen-bond acceptors (Lipinski definition) is 1. The van der Waals surface area contributed by atoms with Crippen LogP contribution >= 0.6 is 0 Å². The van der Waals surface area contributed by atoms with Crippen molar-refractivity contribution < 1.29 is 4.74 Å². The summed E-state index contributed by atoms with van der Waals surface area (Å²) in [7, 11) is 0. The third kappa shape index (κ3) is 2.54. The zero-order chi connectivity index (χ0) is 16.1. The van der Waals surface area contributed by atoms with E-state index >= 15 is 0 Å². The Morgan fingerprint density at radius 3 is 2.18 bits per heavy atom. The van der Waals surface area contributed by atoms with Gasteiger partial charge in [-0.1, -0.05) is 71.9 Å². The van der Waals surface area contributed by atoms with E-state index in [0.29, 0.717) is 6.61 Å². The minimum atomic E-state index is 0.0825. The molecule has 0 saturated carbocycles. The number of ether oxygens (including phenoxy) is 1. The molecule has 0 bridgehead atoms. The molecular weight excluding hydrogens is 268 g/mol. The molecule has 22 heavy (non-hydrogen) atoms. The van der Waals surface area contributed by atoms with Crippen molar-refractivity contribution in [3.63, 3.8) is 0 Å². The van der Waals surface area contributed by atoms with E-state index in [9.17, 15) is 0 Å². The van der Waals surface area contributed by atoms with Crippen molar-refractivity contribution in [3.8, 4) is 16.9 Å². The molecule has 0 N–H and O–H groups in total. The van der Waals surface area contributed by atoms with Gasteiger partial charge in [0.2, 0.25) is 0 Å². The Labute approximate surface area is 134 Å².